The van der Waals surface area contributed by atoms with Gasteiger partial charge in [-0.1, -0.05) is 51.1 Å². The average Bonchev–Trinajstić information content (AvgIpc) is 3.30. The van der Waals surface area contributed by atoms with Crippen molar-refractivity contribution in [3.63, 3.8) is 0 Å². The number of benzene rings is 1. The number of nitrogens with zero attached hydrogens (tertiary/aromatic N) is 2. The summed E-state index contributed by atoms with van der Waals surface area (Å²) >= 11 is 0. The quantitative estimate of drug-likeness (QED) is 0.447. The molecule has 0 spiro atoms. The molecule has 0 saturated carbocycles. The molecular formula is C27H42N4O5. The third-order valence-electron chi connectivity index (χ3n) is 6.58. The van der Waals surface area contributed by atoms with Gasteiger partial charge in [-0.15, -0.1) is 0 Å². The molecule has 0 aromatic heterocycles. The SMILES string of the molecule is CN[C@@H](C)C(=O)NC(C(=O)N1CCCC1CN(CCc1ccccc1)C(=O)COC(C)=O)C(C)(C)C. The van der Waals surface area contributed by atoms with Crippen LogP contribution in [0.25, 0.3) is 0 Å². The Balaban J connectivity index is 2.18. The molecule has 3 atom stereocenters. The van der Waals surface area contributed by atoms with Gasteiger partial charge in [0.1, 0.15) is 6.04 Å². The van der Waals surface area contributed by atoms with Crippen molar-refractivity contribution < 1.29 is 23.9 Å². The first-order chi connectivity index (χ1) is 16.9. The number of likely N-dealkylation sites (tertiary alicyclic amines) is 1. The molecule has 1 heterocycles. The second kappa shape index (κ2) is 13.4. The predicted octanol–water partition coefficient (Wildman–Crippen LogP) is 1.75. The van der Waals surface area contributed by atoms with Crippen molar-refractivity contribution >= 4 is 23.7 Å². The van der Waals surface area contributed by atoms with Crippen LogP contribution >= 0.6 is 0 Å². The Bertz CT molecular complexity index is 899. The summed E-state index contributed by atoms with van der Waals surface area (Å²) < 4.78 is 4.97. The van der Waals surface area contributed by atoms with Crippen molar-refractivity contribution in [1.82, 2.24) is 20.4 Å². The van der Waals surface area contributed by atoms with Crippen molar-refractivity contribution in [3.8, 4) is 0 Å². The molecule has 0 aliphatic carbocycles. The van der Waals surface area contributed by atoms with Crippen molar-refractivity contribution in [3.05, 3.63) is 35.9 Å². The van der Waals surface area contributed by atoms with E-state index in [1.807, 2.05) is 51.1 Å². The van der Waals surface area contributed by atoms with Gasteiger partial charge in [-0.25, -0.2) is 0 Å². The van der Waals surface area contributed by atoms with Gasteiger partial charge in [-0.05, 0) is 44.2 Å². The molecule has 2 N–H and O–H groups in total. The van der Waals surface area contributed by atoms with Crippen molar-refractivity contribution in [2.45, 2.75) is 72.0 Å². The van der Waals surface area contributed by atoms with E-state index in [0.29, 0.717) is 26.1 Å². The van der Waals surface area contributed by atoms with Gasteiger partial charge in [0.25, 0.3) is 5.91 Å². The summed E-state index contributed by atoms with van der Waals surface area (Å²) in [5, 5.41) is 5.84. The molecule has 1 aromatic carbocycles. The Kier molecular flexibility index (Phi) is 10.9. The van der Waals surface area contributed by atoms with E-state index in [2.05, 4.69) is 10.6 Å². The van der Waals surface area contributed by atoms with Crippen LogP contribution in [0.15, 0.2) is 30.3 Å². The second-order valence-corrected chi connectivity index (χ2v) is 10.5. The van der Waals surface area contributed by atoms with Crippen LogP contribution in [0.1, 0.15) is 53.0 Å². The normalized spacial score (nSPS) is 17.3. The van der Waals surface area contributed by atoms with Gasteiger partial charge in [0.2, 0.25) is 11.8 Å². The van der Waals surface area contributed by atoms with E-state index >= 15 is 0 Å². The van der Waals surface area contributed by atoms with Crippen molar-refractivity contribution in [2.75, 3.05) is 33.3 Å². The standard InChI is InChI=1S/C27H42N4O5/c1-19(28-6)25(34)29-24(27(3,4)5)26(35)31-15-10-13-22(31)17-30(23(33)18-36-20(2)32)16-14-21-11-8-7-9-12-21/h7-9,11-12,19,22,24,28H,10,13-18H2,1-6H3,(H,29,34)/t19-,22?,24?/m0/s1. The molecule has 2 unspecified atom stereocenters. The molecule has 0 radical (unpaired) electrons. The highest BCUT2D eigenvalue weighted by atomic mass is 16.5. The minimum Gasteiger partial charge on any atom is -0.456 e. The van der Waals surface area contributed by atoms with E-state index in [4.69, 9.17) is 4.74 Å². The summed E-state index contributed by atoms with van der Waals surface area (Å²) in [5.41, 5.74) is 0.599. The molecule has 0 bridgehead atoms. The smallest absolute Gasteiger partial charge is 0.303 e. The fourth-order valence-corrected chi connectivity index (χ4v) is 4.26. The summed E-state index contributed by atoms with van der Waals surface area (Å²) in [4.78, 5) is 54.0. The minimum atomic E-state index is -0.698. The number of carbonyl (C=O) groups is 4. The molecule has 36 heavy (non-hydrogen) atoms. The highest BCUT2D eigenvalue weighted by Gasteiger charge is 2.40. The van der Waals surface area contributed by atoms with Crippen molar-refractivity contribution in [1.29, 1.82) is 0 Å². The zero-order valence-electron chi connectivity index (χ0n) is 22.5. The van der Waals surface area contributed by atoms with Crippen LogP contribution < -0.4 is 10.6 Å². The number of carbonyl (C=O) groups excluding carboxylic acids is 4. The molecule has 1 saturated heterocycles. The molecular weight excluding hydrogens is 460 g/mol. The molecule has 1 aliphatic heterocycles. The first-order valence-electron chi connectivity index (χ1n) is 12.7. The molecule has 1 aliphatic rings. The van der Waals surface area contributed by atoms with Gasteiger partial charge >= 0.3 is 5.97 Å². The maximum absolute atomic E-state index is 13.7. The number of esters is 1. The van der Waals surface area contributed by atoms with Crippen LogP contribution in [0.4, 0.5) is 0 Å². The summed E-state index contributed by atoms with van der Waals surface area (Å²) in [6.45, 7) is 9.84. The lowest BCUT2D eigenvalue weighted by Crippen LogP contribution is -2.59. The van der Waals surface area contributed by atoms with E-state index in [1.165, 1.54) is 6.92 Å². The molecule has 9 heteroatoms. The Morgan fingerprint density at radius 1 is 1.17 bits per heavy atom. The fourth-order valence-electron chi connectivity index (χ4n) is 4.26. The maximum atomic E-state index is 13.7. The number of hydrogen-bond donors (Lipinski definition) is 2. The molecule has 1 aromatic rings. The van der Waals surface area contributed by atoms with E-state index in [-0.39, 0.29) is 30.4 Å². The Morgan fingerprint density at radius 3 is 2.42 bits per heavy atom. The number of rotatable bonds is 11. The van der Waals surface area contributed by atoms with Crippen LogP contribution in [-0.2, 0) is 30.3 Å². The van der Waals surface area contributed by atoms with Gasteiger partial charge < -0.3 is 25.2 Å². The largest absolute Gasteiger partial charge is 0.456 e. The summed E-state index contributed by atoms with van der Waals surface area (Å²) in [5.74, 6) is -1.17. The number of amides is 3. The van der Waals surface area contributed by atoms with Crippen LogP contribution in [0, 0.1) is 5.41 Å². The van der Waals surface area contributed by atoms with Gasteiger partial charge in [0, 0.05) is 32.6 Å². The third kappa shape index (κ3) is 8.62. The highest BCUT2D eigenvalue weighted by molar-refractivity contribution is 5.90. The first-order valence-corrected chi connectivity index (χ1v) is 12.7. The number of likely N-dealkylation sites (N-methyl/N-ethyl adjacent to an activating group) is 1. The van der Waals surface area contributed by atoms with Crippen LogP contribution in [0.5, 0.6) is 0 Å². The zero-order chi connectivity index (χ0) is 26.9. The Labute approximate surface area is 214 Å². The topological polar surface area (TPSA) is 108 Å². The highest BCUT2D eigenvalue weighted by Crippen LogP contribution is 2.26. The number of ether oxygens (including phenoxy) is 1. The van der Waals surface area contributed by atoms with Gasteiger partial charge in [-0.3, -0.25) is 19.2 Å². The van der Waals surface area contributed by atoms with Crippen molar-refractivity contribution in [2.24, 2.45) is 5.41 Å². The van der Waals surface area contributed by atoms with E-state index in [0.717, 1.165) is 18.4 Å². The second-order valence-electron chi connectivity index (χ2n) is 10.5. The van der Waals surface area contributed by atoms with Crippen LogP contribution in [0.2, 0.25) is 0 Å². The summed E-state index contributed by atoms with van der Waals surface area (Å²) in [6.07, 6.45) is 2.22. The molecule has 3 amide bonds. The van der Waals surface area contributed by atoms with Gasteiger partial charge in [0.05, 0.1) is 6.04 Å². The lowest BCUT2D eigenvalue weighted by molar-refractivity contribution is -0.151. The molecule has 200 valence electrons. The van der Waals surface area contributed by atoms with Crippen LogP contribution in [-0.4, -0.2) is 84.9 Å². The minimum absolute atomic E-state index is 0.142. The predicted molar refractivity (Wildman–Crippen MR) is 138 cm³/mol. The lowest BCUT2D eigenvalue weighted by Gasteiger charge is -2.37. The third-order valence-corrected chi connectivity index (χ3v) is 6.58. The first kappa shape index (κ1) is 29.3. The van der Waals surface area contributed by atoms with E-state index in [9.17, 15) is 19.2 Å². The zero-order valence-corrected chi connectivity index (χ0v) is 22.5. The monoisotopic (exact) mass is 502 g/mol. The number of nitrogens with one attached hydrogen (secondary N) is 2. The fraction of sp³-hybridized carbons (Fsp3) is 0.630. The molecule has 1 fully saturated rings. The van der Waals surface area contributed by atoms with Crippen LogP contribution in [0.3, 0.4) is 0 Å². The summed E-state index contributed by atoms with van der Waals surface area (Å²) in [6, 6.07) is 8.54. The van der Waals surface area contributed by atoms with Gasteiger partial charge in [0.15, 0.2) is 6.61 Å². The van der Waals surface area contributed by atoms with Gasteiger partial charge in [-0.2, -0.15) is 0 Å². The summed E-state index contributed by atoms with van der Waals surface area (Å²) in [7, 11) is 1.70. The van der Waals surface area contributed by atoms with E-state index < -0.39 is 23.5 Å². The maximum Gasteiger partial charge on any atom is 0.303 e. The number of hydrogen-bond acceptors (Lipinski definition) is 6. The average molecular weight is 503 g/mol. The van der Waals surface area contributed by atoms with E-state index in [1.54, 1.807) is 23.8 Å². The Hall–Kier alpha value is -2.94. The molecule has 2 rings (SSSR count). The molecule has 9 nitrogen and oxygen atoms in total. The Morgan fingerprint density at radius 2 is 1.83 bits per heavy atom. The lowest BCUT2D eigenvalue weighted by atomic mass is 9.85.